The fourth-order valence-electron chi connectivity index (χ4n) is 1.59. The van der Waals surface area contributed by atoms with Gasteiger partial charge in [-0.1, -0.05) is 11.6 Å². The number of halogens is 3. The number of hydrogen-bond acceptors (Lipinski definition) is 3. The van der Waals surface area contributed by atoms with Gasteiger partial charge in [-0.05, 0) is 34.1 Å². The Kier molecular flexibility index (Phi) is 4.40. The molecule has 0 saturated carbocycles. The Balaban J connectivity index is 2.47. The Morgan fingerprint density at radius 3 is 2.62 bits per heavy atom. The first-order valence-corrected chi connectivity index (χ1v) is 8.20. The molecule has 9 heteroatoms. The molecule has 1 N–H and O–H groups in total. The Morgan fingerprint density at radius 2 is 2.00 bits per heavy atom. The molecule has 2 aromatic rings. The van der Waals surface area contributed by atoms with Crippen molar-refractivity contribution in [1.82, 2.24) is 4.57 Å². The topological polar surface area (TPSA) is 68.2 Å². The predicted octanol–water partition coefficient (Wildman–Crippen LogP) is 2.74. The molecule has 0 aliphatic heterocycles. The van der Waals surface area contributed by atoms with Crippen LogP contribution in [-0.4, -0.2) is 13.0 Å². The van der Waals surface area contributed by atoms with Gasteiger partial charge >= 0.3 is 0 Å². The predicted molar refractivity (Wildman–Crippen MR) is 81.6 cm³/mol. The van der Waals surface area contributed by atoms with Crippen LogP contribution in [0.25, 0.3) is 0 Å². The first kappa shape index (κ1) is 16.0. The number of benzene rings is 1. The van der Waals surface area contributed by atoms with Gasteiger partial charge in [-0.15, -0.1) is 0 Å². The van der Waals surface area contributed by atoms with Crippen LogP contribution in [0.15, 0.2) is 44.8 Å². The molecule has 0 atom stereocenters. The summed E-state index contributed by atoms with van der Waals surface area (Å²) >= 11 is 8.61. The van der Waals surface area contributed by atoms with Gasteiger partial charge in [-0.2, -0.15) is 0 Å². The molecule has 1 aromatic carbocycles. The summed E-state index contributed by atoms with van der Waals surface area (Å²) in [5.41, 5.74) is -0.641. The first-order valence-electron chi connectivity index (χ1n) is 5.54. The minimum atomic E-state index is -4.04. The number of nitrogens with zero attached hydrogens (tertiary/aromatic N) is 1. The average molecular weight is 396 g/mol. The Bertz CT molecular complexity index is 867. The van der Waals surface area contributed by atoms with Gasteiger partial charge < -0.3 is 4.57 Å². The SMILES string of the molecule is Cn1cc(Br)c(=O)c(NS(=O)(=O)c2ccc(F)c(Cl)c2)c1. The lowest BCUT2D eigenvalue weighted by atomic mass is 10.3. The highest BCUT2D eigenvalue weighted by Crippen LogP contribution is 2.21. The smallest absolute Gasteiger partial charge is 0.262 e. The maximum absolute atomic E-state index is 13.1. The van der Waals surface area contributed by atoms with Gasteiger partial charge in [0.15, 0.2) is 0 Å². The van der Waals surface area contributed by atoms with Crippen LogP contribution >= 0.6 is 27.5 Å². The number of nitrogens with one attached hydrogen (secondary N) is 1. The van der Waals surface area contributed by atoms with E-state index in [2.05, 4.69) is 20.7 Å². The summed E-state index contributed by atoms with van der Waals surface area (Å²) in [6.45, 7) is 0. The standard InChI is InChI=1S/C12H9BrClFN2O3S/c1-17-5-8(13)12(18)11(6-17)16-21(19,20)7-2-3-10(15)9(14)4-7/h2-6,16H,1H3. The third-order valence-electron chi connectivity index (χ3n) is 2.56. The zero-order valence-electron chi connectivity index (χ0n) is 10.6. The third-order valence-corrected chi connectivity index (χ3v) is 4.77. The van der Waals surface area contributed by atoms with Crippen molar-refractivity contribution < 1.29 is 12.8 Å². The van der Waals surface area contributed by atoms with E-state index < -0.39 is 21.3 Å². The van der Waals surface area contributed by atoms with Gasteiger partial charge in [-0.25, -0.2) is 12.8 Å². The fourth-order valence-corrected chi connectivity index (χ4v) is 3.44. The van der Waals surface area contributed by atoms with Crippen molar-refractivity contribution in [1.29, 1.82) is 0 Å². The summed E-state index contributed by atoms with van der Waals surface area (Å²) in [5, 5.41) is -0.319. The van der Waals surface area contributed by atoms with Crippen molar-refractivity contribution in [3.05, 3.63) is 56.1 Å². The van der Waals surface area contributed by atoms with E-state index >= 15 is 0 Å². The van der Waals surface area contributed by atoms with E-state index in [-0.39, 0.29) is 20.1 Å². The highest BCUT2D eigenvalue weighted by molar-refractivity contribution is 9.10. The van der Waals surface area contributed by atoms with Gasteiger partial charge in [0, 0.05) is 19.4 Å². The van der Waals surface area contributed by atoms with Crippen molar-refractivity contribution in [2.45, 2.75) is 4.90 Å². The van der Waals surface area contributed by atoms with E-state index in [4.69, 9.17) is 11.6 Å². The van der Waals surface area contributed by atoms with Crippen molar-refractivity contribution >= 4 is 43.2 Å². The van der Waals surface area contributed by atoms with Crippen molar-refractivity contribution in [3.8, 4) is 0 Å². The average Bonchev–Trinajstić information content (AvgIpc) is 2.38. The molecular weight excluding hydrogens is 387 g/mol. The van der Waals surface area contributed by atoms with Crippen LogP contribution in [0.5, 0.6) is 0 Å². The van der Waals surface area contributed by atoms with Crippen LogP contribution in [0.2, 0.25) is 5.02 Å². The second kappa shape index (κ2) is 5.78. The maximum Gasteiger partial charge on any atom is 0.262 e. The molecule has 1 aromatic heterocycles. The van der Waals surface area contributed by atoms with E-state index in [0.717, 1.165) is 18.2 Å². The van der Waals surface area contributed by atoms with E-state index in [0.29, 0.717) is 0 Å². The van der Waals surface area contributed by atoms with Crippen LogP contribution < -0.4 is 10.2 Å². The van der Waals surface area contributed by atoms with E-state index in [1.807, 2.05) is 0 Å². The zero-order chi connectivity index (χ0) is 15.8. The highest BCUT2D eigenvalue weighted by atomic mass is 79.9. The first-order chi connectivity index (χ1) is 9.70. The minimum absolute atomic E-state index is 0.132. The molecule has 0 fully saturated rings. The van der Waals surface area contributed by atoms with E-state index in [1.54, 1.807) is 7.05 Å². The number of anilines is 1. The zero-order valence-corrected chi connectivity index (χ0v) is 13.8. The molecule has 0 radical (unpaired) electrons. The summed E-state index contributed by atoms with van der Waals surface area (Å²) in [7, 11) is -2.41. The number of rotatable bonds is 3. The molecule has 0 amide bonds. The molecule has 2 rings (SSSR count). The van der Waals surface area contributed by atoms with E-state index in [1.165, 1.54) is 17.0 Å². The number of aromatic nitrogens is 1. The minimum Gasteiger partial charge on any atom is -0.354 e. The number of aryl methyl sites for hydroxylation is 1. The molecule has 0 bridgehead atoms. The number of pyridine rings is 1. The highest BCUT2D eigenvalue weighted by Gasteiger charge is 2.18. The summed E-state index contributed by atoms with van der Waals surface area (Å²) < 4.78 is 41.3. The molecule has 1 heterocycles. The van der Waals surface area contributed by atoms with Crippen molar-refractivity contribution in [2.75, 3.05) is 4.72 Å². The Labute approximate surface area is 133 Å². The number of sulfonamides is 1. The molecular formula is C12H9BrClFN2O3S. The summed E-state index contributed by atoms with van der Waals surface area (Å²) in [4.78, 5) is 11.6. The van der Waals surface area contributed by atoms with Gasteiger partial charge in [-0.3, -0.25) is 9.52 Å². The summed E-state index contributed by atoms with van der Waals surface area (Å²) in [6.07, 6.45) is 2.82. The van der Waals surface area contributed by atoms with Crippen LogP contribution in [0, 0.1) is 5.82 Å². The molecule has 112 valence electrons. The lowest BCUT2D eigenvalue weighted by Gasteiger charge is -2.10. The molecule has 5 nitrogen and oxygen atoms in total. The quantitative estimate of drug-likeness (QED) is 0.869. The van der Waals surface area contributed by atoms with Crippen molar-refractivity contribution in [2.24, 2.45) is 7.05 Å². The molecule has 0 spiro atoms. The second-order valence-corrected chi connectivity index (χ2v) is 7.14. The van der Waals surface area contributed by atoms with Crippen molar-refractivity contribution in [3.63, 3.8) is 0 Å². The van der Waals surface area contributed by atoms with Crippen LogP contribution in [0.3, 0.4) is 0 Å². The van der Waals surface area contributed by atoms with Gasteiger partial charge in [0.05, 0.1) is 14.4 Å². The summed E-state index contributed by atoms with van der Waals surface area (Å²) in [6, 6.07) is 2.98. The van der Waals surface area contributed by atoms with Crippen LogP contribution in [-0.2, 0) is 17.1 Å². The monoisotopic (exact) mass is 394 g/mol. The van der Waals surface area contributed by atoms with Gasteiger partial charge in [0.1, 0.15) is 11.5 Å². The fraction of sp³-hybridized carbons (Fsp3) is 0.0833. The largest absolute Gasteiger partial charge is 0.354 e. The molecule has 21 heavy (non-hydrogen) atoms. The third kappa shape index (κ3) is 3.45. The molecule has 0 saturated heterocycles. The Hall–Kier alpha value is -1.38. The molecule has 0 unspecified atom stereocenters. The second-order valence-electron chi connectivity index (χ2n) is 4.20. The Morgan fingerprint density at radius 1 is 1.33 bits per heavy atom. The van der Waals surface area contributed by atoms with Crippen LogP contribution in [0.4, 0.5) is 10.1 Å². The lowest BCUT2D eigenvalue weighted by molar-refractivity contribution is 0.599. The maximum atomic E-state index is 13.1. The van der Waals surface area contributed by atoms with Gasteiger partial charge in [0.25, 0.3) is 10.0 Å². The van der Waals surface area contributed by atoms with Gasteiger partial charge in [0.2, 0.25) is 5.43 Å². The number of hydrogen-bond donors (Lipinski definition) is 1. The lowest BCUT2D eigenvalue weighted by Crippen LogP contribution is -2.20. The summed E-state index contributed by atoms with van der Waals surface area (Å²) in [5.74, 6) is -0.728. The molecule has 0 aliphatic carbocycles. The van der Waals surface area contributed by atoms with Crippen LogP contribution in [0.1, 0.15) is 0 Å². The van der Waals surface area contributed by atoms with E-state index in [9.17, 15) is 17.6 Å². The normalized spacial score (nSPS) is 11.4. The molecule has 0 aliphatic rings.